The second-order valence-corrected chi connectivity index (χ2v) is 6.83. The molecule has 0 N–H and O–H groups in total. The Morgan fingerprint density at radius 1 is 1.25 bits per heavy atom. The maximum absolute atomic E-state index is 12.6. The van der Waals surface area contributed by atoms with E-state index in [-0.39, 0.29) is 12.0 Å². The Labute approximate surface area is 147 Å². The molecule has 2 aromatic rings. The molecule has 1 amide bonds. The van der Waals surface area contributed by atoms with E-state index >= 15 is 0 Å². The highest BCUT2D eigenvalue weighted by Crippen LogP contribution is 2.18. The molecule has 128 valence electrons. The zero-order valence-electron chi connectivity index (χ0n) is 13.9. The van der Waals surface area contributed by atoms with Gasteiger partial charge in [0.25, 0.3) is 5.91 Å². The summed E-state index contributed by atoms with van der Waals surface area (Å²) in [5, 5.41) is 0. The smallest absolute Gasteiger partial charge is 0.289 e. The van der Waals surface area contributed by atoms with Crippen LogP contribution in [0.2, 0.25) is 0 Å². The van der Waals surface area contributed by atoms with Crippen molar-refractivity contribution in [2.75, 3.05) is 26.0 Å². The fourth-order valence-electron chi connectivity index (χ4n) is 2.92. The van der Waals surface area contributed by atoms with Crippen molar-refractivity contribution in [3.63, 3.8) is 0 Å². The van der Waals surface area contributed by atoms with Gasteiger partial charge in [0.1, 0.15) is 5.76 Å². The number of morpholine rings is 1. The van der Waals surface area contributed by atoms with Gasteiger partial charge in [-0.1, -0.05) is 30.3 Å². The predicted octanol–water partition coefficient (Wildman–Crippen LogP) is 3.62. The standard InChI is InChI=1S/C19H23NO3S/c1-24-14-17-9-10-18(23-17)19(21)20-11-12-22-16(13-20)8-7-15-5-3-2-4-6-15/h2-6,9-10,16H,7-8,11-14H2,1H3/t16-/m1/s1. The van der Waals surface area contributed by atoms with Crippen LogP contribution in [0.4, 0.5) is 0 Å². The number of thioether (sulfide) groups is 1. The number of hydrogen-bond donors (Lipinski definition) is 0. The summed E-state index contributed by atoms with van der Waals surface area (Å²) < 4.78 is 11.5. The number of carbonyl (C=O) groups is 1. The van der Waals surface area contributed by atoms with Crippen LogP contribution in [-0.2, 0) is 16.9 Å². The van der Waals surface area contributed by atoms with Crippen LogP contribution in [0, 0.1) is 0 Å². The summed E-state index contributed by atoms with van der Waals surface area (Å²) in [6, 6.07) is 14.0. The lowest BCUT2D eigenvalue weighted by Gasteiger charge is -2.32. The molecular weight excluding hydrogens is 322 g/mol. The molecule has 5 heteroatoms. The number of ether oxygens (including phenoxy) is 1. The molecule has 1 saturated heterocycles. The van der Waals surface area contributed by atoms with Crippen molar-refractivity contribution in [2.45, 2.75) is 24.7 Å². The Morgan fingerprint density at radius 3 is 2.88 bits per heavy atom. The van der Waals surface area contributed by atoms with Crippen LogP contribution in [-0.4, -0.2) is 42.9 Å². The normalized spacial score (nSPS) is 17.9. The van der Waals surface area contributed by atoms with Gasteiger partial charge in [-0.05, 0) is 36.8 Å². The molecule has 1 fully saturated rings. The van der Waals surface area contributed by atoms with Crippen molar-refractivity contribution in [3.8, 4) is 0 Å². The minimum absolute atomic E-state index is 0.0321. The highest BCUT2D eigenvalue weighted by Gasteiger charge is 2.26. The molecule has 3 rings (SSSR count). The lowest BCUT2D eigenvalue weighted by atomic mass is 10.1. The number of benzene rings is 1. The average Bonchev–Trinajstić information content (AvgIpc) is 3.09. The molecule has 0 aliphatic carbocycles. The van der Waals surface area contributed by atoms with E-state index in [1.54, 1.807) is 17.8 Å². The van der Waals surface area contributed by atoms with Crippen molar-refractivity contribution in [2.24, 2.45) is 0 Å². The van der Waals surface area contributed by atoms with Gasteiger partial charge in [0, 0.05) is 13.1 Å². The monoisotopic (exact) mass is 345 g/mol. The van der Waals surface area contributed by atoms with Crippen LogP contribution in [0.25, 0.3) is 0 Å². The molecule has 1 aromatic heterocycles. The van der Waals surface area contributed by atoms with Crippen molar-refractivity contribution < 1.29 is 13.9 Å². The van der Waals surface area contributed by atoms with Gasteiger partial charge < -0.3 is 14.1 Å². The van der Waals surface area contributed by atoms with Crippen molar-refractivity contribution in [3.05, 3.63) is 59.5 Å². The minimum atomic E-state index is -0.0321. The molecule has 0 radical (unpaired) electrons. The first kappa shape index (κ1) is 17.1. The highest BCUT2D eigenvalue weighted by atomic mass is 32.2. The fourth-order valence-corrected chi connectivity index (χ4v) is 3.36. The highest BCUT2D eigenvalue weighted by molar-refractivity contribution is 7.97. The topological polar surface area (TPSA) is 42.7 Å². The average molecular weight is 345 g/mol. The molecular formula is C19H23NO3S. The molecule has 1 atom stereocenters. The van der Waals surface area contributed by atoms with E-state index in [4.69, 9.17) is 9.15 Å². The molecule has 2 heterocycles. The van der Waals surface area contributed by atoms with E-state index in [0.717, 1.165) is 24.4 Å². The van der Waals surface area contributed by atoms with Crippen LogP contribution in [0.1, 0.15) is 28.3 Å². The van der Waals surface area contributed by atoms with Crippen LogP contribution in [0.5, 0.6) is 0 Å². The van der Waals surface area contributed by atoms with Gasteiger partial charge in [-0.3, -0.25) is 4.79 Å². The number of nitrogens with zero attached hydrogens (tertiary/aromatic N) is 1. The third-order valence-corrected chi connectivity index (χ3v) is 4.76. The largest absolute Gasteiger partial charge is 0.455 e. The maximum atomic E-state index is 12.6. The number of aryl methyl sites for hydroxylation is 1. The molecule has 1 aliphatic rings. The van der Waals surface area contributed by atoms with Gasteiger partial charge in [0.05, 0.1) is 18.5 Å². The molecule has 0 spiro atoms. The number of carbonyl (C=O) groups excluding carboxylic acids is 1. The first-order chi connectivity index (χ1) is 11.8. The van der Waals surface area contributed by atoms with Crippen LogP contribution >= 0.6 is 11.8 Å². The van der Waals surface area contributed by atoms with Gasteiger partial charge >= 0.3 is 0 Å². The summed E-state index contributed by atoms with van der Waals surface area (Å²) in [5.41, 5.74) is 1.30. The molecule has 24 heavy (non-hydrogen) atoms. The van der Waals surface area contributed by atoms with E-state index in [2.05, 4.69) is 24.3 Å². The van der Waals surface area contributed by atoms with Gasteiger partial charge in [0.2, 0.25) is 0 Å². The second-order valence-electron chi connectivity index (χ2n) is 5.97. The number of amides is 1. The zero-order chi connectivity index (χ0) is 16.8. The summed E-state index contributed by atoms with van der Waals surface area (Å²) >= 11 is 1.68. The lowest BCUT2D eigenvalue weighted by molar-refractivity contribution is -0.0255. The molecule has 0 saturated carbocycles. The fraction of sp³-hybridized carbons (Fsp3) is 0.421. The van der Waals surface area contributed by atoms with Crippen LogP contribution < -0.4 is 0 Å². The summed E-state index contributed by atoms with van der Waals surface area (Å²) in [6.07, 6.45) is 3.99. The zero-order valence-corrected chi connectivity index (χ0v) is 14.8. The van der Waals surface area contributed by atoms with E-state index in [9.17, 15) is 4.79 Å². The summed E-state index contributed by atoms with van der Waals surface area (Å²) in [4.78, 5) is 14.5. The predicted molar refractivity (Wildman–Crippen MR) is 96.3 cm³/mol. The van der Waals surface area contributed by atoms with Crippen molar-refractivity contribution in [1.29, 1.82) is 0 Å². The summed E-state index contributed by atoms with van der Waals surface area (Å²) in [6.45, 7) is 1.84. The molecule has 1 aliphatic heterocycles. The summed E-state index contributed by atoms with van der Waals surface area (Å²) in [5.74, 6) is 2.04. The van der Waals surface area contributed by atoms with E-state index < -0.39 is 0 Å². The Morgan fingerprint density at radius 2 is 2.08 bits per heavy atom. The SMILES string of the molecule is CSCc1ccc(C(=O)N2CCO[C@H](CCc3ccccc3)C2)o1. The first-order valence-corrected chi connectivity index (χ1v) is 9.68. The van der Waals surface area contributed by atoms with Gasteiger partial charge in [-0.15, -0.1) is 0 Å². The van der Waals surface area contributed by atoms with Gasteiger partial charge in [-0.25, -0.2) is 0 Å². The third-order valence-electron chi connectivity index (χ3n) is 4.18. The van der Waals surface area contributed by atoms with E-state index in [1.165, 1.54) is 5.56 Å². The van der Waals surface area contributed by atoms with Crippen LogP contribution in [0.15, 0.2) is 46.9 Å². The Kier molecular flexibility index (Phi) is 5.99. The molecule has 1 aromatic carbocycles. The lowest BCUT2D eigenvalue weighted by Crippen LogP contribution is -2.45. The van der Waals surface area contributed by atoms with Gasteiger partial charge in [0.15, 0.2) is 5.76 Å². The van der Waals surface area contributed by atoms with E-state index in [1.807, 2.05) is 23.3 Å². The van der Waals surface area contributed by atoms with E-state index in [0.29, 0.717) is 25.5 Å². The molecule has 4 nitrogen and oxygen atoms in total. The molecule has 0 unspecified atom stereocenters. The Hall–Kier alpha value is -1.72. The minimum Gasteiger partial charge on any atom is -0.455 e. The van der Waals surface area contributed by atoms with Gasteiger partial charge in [-0.2, -0.15) is 11.8 Å². The van der Waals surface area contributed by atoms with Crippen LogP contribution in [0.3, 0.4) is 0 Å². The number of hydrogen-bond acceptors (Lipinski definition) is 4. The summed E-state index contributed by atoms with van der Waals surface area (Å²) in [7, 11) is 0. The number of furan rings is 1. The van der Waals surface area contributed by atoms with Crippen molar-refractivity contribution in [1.82, 2.24) is 4.90 Å². The Bertz CT molecular complexity index is 656. The third kappa shape index (κ3) is 4.42. The maximum Gasteiger partial charge on any atom is 0.289 e. The Balaban J connectivity index is 1.55. The molecule has 0 bridgehead atoms. The second kappa shape index (κ2) is 8.40. The number of rotatable bonds is 6. The quantitative estimate of drug-likeness (QED) is 0.802. The first-order valence-electron chi connectivity index (χ1n) is 8.28. The van der Waals surface area contributed by atoms with Crippen molar-refractivity contribution >= 4 is 17.7 Å².